The van der Waals surface area contributed by atoms with Crippen molar-refractivity contribution in [3.63, 3.8) is 0 Å². The van der Waals surface area contributed by atoms with E-state index in [-0.39, 0.29) is 12.5 Å². The van der Waals surface area contributed by atoms with Crippen LogP contribution < -0.4 is 15.8 Å². The molecule has 0 bridgehead atoms. The van der Waals surface area contributed by atoms with Crippen LogP contribution in [0.1, 0.15) is 18.9 Å². The van der Waals surface area contributed by atoms with E-state index in [1.54, 1.807) is 19.1 Å². The second kappa shape index (κ2) is 6.83. The Morgan fingerprint density at radius 2 is 1.85 bits per heavy atom. The number of benzene rings is 1. The lowest BCUT2D eigenvalue weighted by Crippen LogP contribution is -2.49. The summed E-state index contributed by atoms with van der Waals surface area (Å²) < 4.78 is 24.1. The predicted octanol–water partition coefficient (Wildman–Crippen LogP) is -0.0840. The first-order valence-electron chi connectivity index (χ1n) is 6.31. The van der Waals surface area contributed by atoms with Gasteiger partial charge in [-0.1, -0.05) is 30.3 Å². The van der Waals surface area contributed by atoms with Gasteiger partial charge in [-0.15, -0.1) is 0 Å². The van der Waals surface area contributed by atoms with Gasteiger partial charge >= 0.3 is 0 Å². The van der Waals surface area contributed by atoms with E-state index in [0.29, 0.717) is 13.0 Å². The lowest BCUT2D eigenvalue weighted by molar-refractivity contribution is -0.126. The van der Waals surface area contributed by atoms with Crippen LogP contribution in [-0.2, 0) is 20.4 Å². The van der Waals surface area contributed by atoms with Gasteiger partial charge < -0.3 is 11.1 Å². The summed E-state index contributed by atoms with van der Waals surface area (Å²) in [4.78, 5) is 12.1. The van der Waals surface area contributed by atoms with Crippen LogP contribution in [0.2, 0.25) is 0 Å². The highest BCUT2D eigenvalue weighted by Crippen LogP contribution is 2.17. The maximum absolute atomic E-state index is 12.1. The van der Waals surface area contributed by atoms with Crippen LogP contribution >= 0.6 is 0 Å². The van der Waals surface area contributed by atoms with Crippen LogP contribution in [0.15, 0.2) is 30.3 Å². The van der Waals surface area contributed by atoms with Crippen LogP contribution in [-0.4, -0.2) is 33.7 Å². The minimum Gasteiger partial charge on any atom is -0.354 e. The minimum absolute atomic E-state index is 0.283. The number of nitrogens with one attached hydrogen (secondary N) is 2. The molecule has 0 aliphatic carbocycles. The van der Waals surface area contributed by atoms with E-state index in [4.69, 9.17) is 5.73 Å². The number of nitrogens with two attached hydrogens (primary N) is 1. The largest absolute Gasteiger partial charge is 0.354 e. The number of carbonyl (C=O) groups is 1. The predicted molar refractivity (Wildman–Crippen MR) is 78.5 cm³/mol. The standard InChI is InChI=1S/C13H21N3O3S/c1-13(14,11-7-4-3-5-8-11)12(17)15-9-6-10-16-20(2,18)19/h3-5,7-8,16H,6,9-10,14H2,1-2H3,(H,15,17). The molecule has 1 atom stereocenters. The number of amides is 1. The van der Waals surface area contributed by atoms with Crippen LogP contribution in [0.25, 0.3) is 0 Å². The molecule has 1 rings (SSSR count). The minimum atomic E-state index is -3.18. The fourth-order valence-corrected chi connectivity index (χ4v) is 2.16. The third-order valence-electron chi connectivity index (χ3n) is 2.85. The molecule has 4 N–H and O–H groups in total. The highest BCUT2D eigenvalue weighted by atomic mass is 32.2. The van der Waals surface area contributed by atoms with E-state index >= 15 is 0 Å². The summed E-state index contributed by atoms with van der Waals surface area (Å²) in [6.07, 6.45) is 1.60. The van der Waals surface area contributed by atoms with Gasteiger partial charge in [0.25, 0.3) is 0 Å². The molecule has 112 valence electrons. The maximum atomic E-state index is 12.1. The summed E-state index contributed by atoms with van der Waals surface area (Å²) in [5.74, 6) is -0.289. The van der Waals surface area contributed by atoms with Crippen molar-refractivity contribution < 1.29 is 13.2 Å². The maximum Gasteiger partial charge on any atom is 0.244 e. The molecule has 0 saturated heterocycles. The zero-order valence-corrected chi connectivity index (χ0v) is 12.5. The van der Waals surface area contributed by atoms with E-state index in [0.717, 1.165) is 11.8 Å². The number of carbonyl (C=O) groups excluding carboxylic acids is 1. The third-order valence-corrected chi connectivity index (χ3v) is 3.58. The summed E-state index contributed by atoms with van der Waals surface area (Å²) >= 11 is 0. The van der Waals surface area contributed by atoms with Crippen molar-refractivity contribution >= 4 is 15.9 Å². The van der Waals surface area contributed by atoms with Gasteiger partial charge in [0.2, 0.25) is 15.9 Å². The smallest absolute Gasteiger partial charge is 0.244 e. The van der Waals surface area contributed by atoms with Gasteiger partial charge in [0, 0.05) is 13.1 Å². The van der Waals surface area contributed by atoms with Gasteiger partial charge in [0.1, 0.15) is 5.54 Å². The zero-order valence-electron chi connectivity index (χ0n) is 11.7. The third kappa shape index (κ3) is 5.28. The Morgan fingerprint density at radius 3 is 2.40 bits per heavy atom. The highest BCUT2D eigenvalue weighted by molar-refractivity contribution is 7.88. The van der Waals surface area contributed by atoms with Gasteiger partial charge in [-0.25, -0.2) is 13.1 Å². The van der Waals surface area contributed by atoms with Gasteiger partial charge in [0.05, 0.1) is 6.26 Å². The van der Waals surface area contributed by atoms with Crippen LogP contribution in [0.5, 0.6) is 0 Å². The Hall–Kier alpha value is -1.44. The van der Waals surface area contributed by atoms with E-state index in [1.807, 2.05) is 18.2 Å². The Labute approximate surface area is 119 Å². The molecule has 0 aliphatic heterocycles. The molecule has 1 unspecified atom stereocenters. The molecule has 7 heteroatoms. The molecule has 0 saturated carbocycles. The Morgan fingerprint density at radius 1 is 1.25 bits per heavy atom. The number of sulfonamides is 1. The molecule has 1 aromatic rings. The Balaban J connectivity index is 2.43. The molecule has 6 nitrogen and oxygen atoms in total. The van der Waals surface area contributed by atoms with Gasteiger partial charge in [-0.2, -0.15) is 0 Å². The fourth-order valence-electron chi connectivity index (χ4n) is 1.65. The summed E-state index contributed by atoms with van der Waals surface area (Å²) in [7, 11) is -3.18. The van der Waals surface area contributed by atoms with Crippen molar-refractivity contribution in [3.05, 3.63) is 35.9 Å². The SMILES string of the molecule is CC(N)(C(=O)NCCCNS(C)(=O)=O)c1ccccc1. The molecular weight excluding hydrogens is 278 g/mol. The summed E-state index contributed by atoms with van der Waals surface area (Å²) in [5.41, 5.74) is 5.66. The second-order valence-corrected chi connectivity index (χ2v) is 6.68. The molecule has 0 spiro atoms. The van der Waals surface area contributed by atoms with Crippen molar-refractivity contribution in [3.8, 4) is 0 Å². The normalized spacial score (nSPS) is 14.6. The zero-order chi connectivity index (χ0) is 15.2. The molecule has 0 heterocycles. The second-order valence-electron chi connectivity index (χ2n) is 4.84. The first-order valence-corrected chi connectivity index (χ1v) is 8.20. The molecule has 0 radical (unpaired) electrons. The van der Waals surface area contributed by atoms with E-state index in [9.17, 15) is 13.2 Å². The van der Waals surface area contributed by atoms with Gasteiger partial charge in [-0.05, 0) is 18.9 Å². The lowest BCUT2D eigenvalue weighted by atomic mass is 9.92. The number of rotatable bonds is 7. The number of hydrogen-bond donors (Lipinski definition) is 3. The quantitative estimate of drug-likeness (QED) is 0.613. The Bertz CT molecular complexity index is 541. The van der Waals surface area contributed by atoms with Crippen LogP contribution in [0.4, 0.5) is 0 Å². The average molecular weight is 299 g/mol. The first kappa shape index (κ1) is 16.6. The fraction of sp³-hybridized carbons (Fsp3) is 0.462. The Kier molecular flexibility index (Phi) is 5.67. The monoisotopic (exact) mass is 299 g/mol. The average Bonchev–Trinajstić information content (AvgIpc) is 2.37. The van der Waals surface area contributed by atoms with E-state index in [1.165, 1.54) is 0 Å². The summed E-state index contributed by atoms with van der Waals surface area (Å²) in [5, 5.41) is 2.71. The summed E-state index contributed by atoms with van der Waals surface area (Å²) in [6.45, 7) is 2.29. The molecule has 0 aromatic heterocycles. The molecular formula is C13H21N3O3S. The van der Waals surface area contributed by atoms with Crippen LogP contribution in [0, 0.1) is 0 Å². The molecule has 1 amide bonds. The summed E-state index contributed by atoms with van der Waals surface area (Å²) in [6, 6.07) is 9.09. The molecule has 20 heavy (non-hydrogen) atoms. The first-order chi connectivity index (χ1) is 9.23. The molecule has 0 aliphatic rings. The molecule has 1 aromatic carbocycles. The van der Waals surface area contributed by atoms with E-state index < -0.39 is 15.6 Å². The molecule has 0 fully saturated rings. The van der Waals surface area contributed by atoms with Gasteiger partial charge in [0.15, 0.2) is 0 Å². The van der Waals surface area contributed by atoms with Crippen molar-refractivity contribution in [2.45, 2.75) is 18.9 Å². The van der Waals surface area contributed by atoms with Crippen LogP contribution in [0.3, 0.4) is 0 Å². The lowest BCUT2D eigenvalue weighted by Gasteiger charge is -2.24. The highest BCUT2D eigenvalue weighted by Gasteiger charge is 2.29. The van der Waals surface area contributed by atoms with Crippen molar-refractivity contribution in [1.82, 2.24) is 10.0 Å². The van der Waals surface area contributed by atoms with E-state index in [2.05, 4.69) is 10.0 Å². The van der Waals surface area contributed by atoms with Gasteiger partial charge in [-0.3, -0.25) is 4.79 Å². The topological polar surface area (TPSA) is 101 Å². The number of hydrogen-bond acceptors (Lipinski definition) is 4. The van der Waals surface area contributed by atoms with Crippen molar-refractivity contribution in [1.29, 1.82) is 0 Å². The van der Waals surface area contributed by atoms with Crippen molar-refractivity contribution in [2.75, 3.05) is 19.3 Å². The van der Waals surface area contributed by atoms with Crippen molar-refractivity contribution in [2.24, 2.45) is 5.73 Å².